The maximum atomic E-state index is 13.1. The highest BCUT2D eigenvalue weighted by Crippen LogP contribution is 2.33. The number of ether oxygens (including phenoxy) is 2. The number of carbonyl (C=O) groups is 1. The fraction of sp³-hybridized carbons (Fsp3) is 0.417. The van der Waals surface area contributed by atoms with Crippen molar-refractivity contribution in [2.45, 2.75) is 52.2 Å². The van der Waals surface area contributed by atoms with Crippen LogP contribution < -0.4 is 10.1 Å². The van der Waals surface area contributed by atoms with E-state index in [4.69, 9.17) is 9.47 Å². The summed E-state index contributed by atoms with van der Waals surface area (Å²) in [6, 6.07) is 9.08. The Labute approximate surface area is 192 Å². The standard InChI is InChI=1S/C24H28N4O3S/c1-14(2)22-12-25-24(32-22)18-9-17(10-20(11-18)31-19-7-8-30-13-19)23(29)26-16(4)21-6-5-15(3)27-28-21/h5-6,9-12,14,16,19H,7-8,13H2,1-4H3,(H,26,29)/t16?,19-/m1/s1. The largest absolute Gasteiger partial charge is 0.488 e. The first kappa shape index (κ1) is 22.4. The Morgan fingerprint density at radius 3 is 2.72 bits per heavy atom. The molecule has 0 saturated carbocycles. The maximum Gasteiger partial charge on any atom is 0.251 e. The number of thiazole rings is 1. The smallest absolute Gasteiger partial charge is 0.251 e. The number of nitrogens with one attached hydrogen (secondary N) is 1. The van der Waals surface area contributed by atoms with E-state index in [9.17, 15) is 4.79 Å². The van der Waals surface area contributed by atoms with Crippen molar-refractivity contribution >= 4 is 17.2 Å². The van der Waals surface area contributed by atoms with Crippen LogP contribution in [0.4, 0.5) is 0 Å². The molecule has 1 fully saturated rings. The predicted octanol–water partition coefficient (Wildman–Crippen LogP) is 4.69. The summed E-state index contributed by atoms with van der Waals surface area (Å²) in [6.45, 7) is 9.31. The Bertz CT molecular complexity index is 1080. The molecule has 2 aromatic heterocycles. The molecule has 1 saturated heterocycles. The second-order valence-corrected chi connectivity index (χ2v) is 9.43. The quantitative estimate of drug-likeness (QED) is 0.560. The third-order valence-corrected chi connectivity index (χ3v) is 6.66. The van der Waals surface area contributed by atoms with Crippen molar-refractivity contribution in [3.05, 3.63) is 58.4 Å². The van der Waals surface area contributed by atoms with Crippen LogP contribution in [-0.4, -0.2) is 40.4 Å². The van der Waals surface area contributed by atoms with Crippen molar-refractivity contribution in [1.82, 2.24) is 20.5 Å². The Balaban J connectivity index is 1.61. The van der Waals surface area contributed by atoms with Crippen LogP contribution in [0.3, 0.4) is 0 Å². The van der Waals surface area contributed by atoms with Crippen molar-refractivity contribution in [3.8, 4) is 16.3 Å². The monoisotopic (exact) mass is 452 g/mol. The molecule has 2 atom stereocenters. The zero-order valence-electron chi connectivity index (χ0n) is 18.8. The molecule has 0 aliphatic carbocycles. The second kappa shape index (κ2) is 9.75. The van der Waals surface area contributed by atoms with Crippen LogP contribution in [0.5, 0.6) is 5.75 Å². The van der Waals surface area contributed by atoms with Crippen molar-refractivity contribution in [2.75, 3.05) is 13.2 Å². The van der Waals surface area contributed by atoms with Gasteiger partial charge >= 0.3 is 0 Å². The average Bonchev–Trinajstić information content (AvgIpc) is 3.46. The summed E-state index contributed by atoms with van der Waals surface area (Å²) in [4.78, 5) is 18.9. The first-order valence-corrected chi connectivity index (χ1v) is 11.7. The van der Waals surface area contributed by atoms with Gasteiger partial charge in [-0.1, -0.05) is 13.8 Å². The zero-order valence-corrected chi connectivity index (χ0v) is 19.6. The topological polar surface area (TPSA) is 86.2 Å². The molecule has 3 heterocycles. The van der Waals surface area contributed by atoms with Gasteiger partial charge in [-0.25, -0.2) is 4.98 Å². The molecule has 3 aromatic rings. The van der Waals surface area contributed by atoms with E-state index in [0.717, 1.165) is 22.7 Å². The highest BCUT2D eigenvalue weighted by atomic mass is 32.1. The van der Waals surface area contributed by atoms with Gasteiger partial charge in [0, 0.05) is 28.6 Å². The zero-order chi connectivity index (χ0) is 22.7. The first-order valence-electron chi connectivity index (χ1n) is 10.9. The van der Waals surface area contributed by atoms with Gasteiger partial charge in [0.05, 0.1) is 30.6 Å². The maximum absolute atomic E-state index is 13.1. The molecular weight excluding hydrogens is 424 g/mol. The molecule has 1 unspecified atom stereocenters. The summed E-state index contributed by atoms with van der Waals surface area (Å²) >= 11 is 1.64. The van der Waals surface area contributed by atoms with Crippen molar-refractivity contribution < 1.29 is 14.3 Å². The minimum absolute atomic E-state index is 0.00885. The highest BCUT2D eigenvalue weighted by molar-refractivity contribution is 7.15. The number of aromatic nitrogens is 3. The van der Waals surface area contributed by atoms with Gasteiger partial charge in [0.1, 0.15) is 16.9 Å². The Kier molecular flexibility index (Phi) is 6.81. The minimum Gasteiger partial charge on any atom is -0.488 e. The molecule has 7 nitrogen and oxygen atoms in total. The van der Waals surface area contributed by atoms with E-state index in [1.165, 1.54) is 4.88 Å². The van der Waals surface area contributed by atoms with Gasteiger partial charge in [0.2, 0.25) is 0 Å². The van der Waals surface area contributed by atoms with Crippen LogP contribution in [0.15, 0.2) is 36.5 Å². The molecule has 1 aromatic carbocycles. The number of nitrogens with zero attached hydrogens (tertiary/aromatic N) is 3. The average molecular weight is 453 g/mol. The van der Waals surface area contributed by atoms with Gasteiger partial charge in [-0.15, -0.1) is 11.3 Å². The highest BCUT2D eigenvalue weighted by Gasteiger charge is 2.20. The summed E-state index contributed by atoms with van der Waals surface area (Å²) in [5, 5.41) is 12.2. The molecule has 32 heavy (non-hydrogen) atoms. The SMILES string of the molecule is Cc1ccc(C(C)NC(=O)c2cc(O[C@@H]3CCOC3)cc(-c3ncc(C(C)C)s3)c2)nn1. The lowest BCUT2D eigenvalue weighted by atomic mass is 10.1. The molecule has 1 N–H and O–H groups in total. The molecule has 0 bridgehead atoms. The van der Waals surface area contributed by atoms with Crippen LogP contribution in [0, 0.1) is 6.92 Å². The summed E-state index contributed by atoms with van der Waals surface area (Å²) in [6.07, 6.45) is 2.73. The fourth-order valence-electron chi connectivity index (χ4n) is 3.40. The summed E-state index contributed by atoms with van der Waals surface area (Å²) in [5.74, 6) is 0.845. The number of amides is 1. The van der Waals surface area contributed by atoms with Gasteiger partial charge in [0.25, 0.3) is 5.91 Å². The Hall–Kier alpha value is -2.84. The lowest BCUT2D eigenvalue weighted by molar-refractivity contribution is 0.0938. The van der Waals surface area contributed by atoms with E-state index in [1.54, 1.807) is 17.4 Å². The fourth-order valence-corrected chi connectivity index (χ4v) is 4.31. The summed E-state index contributed by atoms with van der Waals surface area (Å²) in [7, 11) is 0. The number of rotatable bonds is 7. The molecule has 168 valence electrons. The molecule has 4 rings (SSSR count). The predicted molar refractivity (Wildman–Crippen MR) is 124 cm³/mol. The van der Waals surface area contributed by atoms with Crippen molar-refractivity contribution in [1.29, 1.82) is 0 Å². The summed E-state index contributed by atoms with van der Waals surface area (Å²) < 4.78 is 11.6. The lowest BCUT2D eigenvalue weighted by Gasteiger charge is -2.16. The summed E-state index contributed by atoms with van der Waals surface area (Å²) in [5.41, 5.74) is 2.93. The van der Waals surface area contributed by atoms with Gasteiger partial charge in [0.15, 0.2) is 0 Å². The van der Waals surface area contributed by atoms with E-state index in [0.29, 0.717) is 36.1 Å². The molecule has 0 radical (unpaired) electrons. The van der Waals surface area contributed by atoms with Crippen LogP contribution in [0.25, 0.3) is 10.6 Å². The first-order chi connectivity index (χ1) is 15.4. The van der Waals surface area contributed by atoms with E-state index in [2.05, 4.69) is 34.3 Å². The van der Waals surface area contributed by atoms with E-state index < -0.39 is 0 Å². The minimum atomic E-state index is -0.278. The van der Waals surface area contributed by atoms with Gasteiger partial charge in [-0.2, -0.15) is 10.2 Å². The molecule has 1 aliphatic rings. The number of hydrogen-bond donors (Lipinski definition) is 1. The number of aryl methyl sites for hydroxylation is 1. The molecule has 0 spiro atoms. The molecule has 8 heteroatoms. The Morgan fingerprint density at radius 1 is 1.22 bits per heavy atom. The van der Waals surface area contributed by atoms with Crippen molar-refractivity contribution in [3.63, 3.8) is 0 Å². The second-order valence-electron chi connectivity index (χ2n) is 8.37. The lowest BCUT2D eigenvalue weighted by Crippen LogP contribution is -2.27. The van der Waals surface area contributed by atoms with Crippen LogP contribution >= 0.6 is 11.3 Å². The van der Waals surface area contributed by atoms with Crippen LogP contribution in [-0.2, 0) is 4.74 Å². The van der Waals surface area contributed by atoms with Gasteiger partial charge < -0.3 is 14.8 Å². The van der Waals surface area contributed by atoms with Gasteiger partial charge in [-0.05, 0) is 50.1 Å². The number of benzene rings is 1. The van der Waals surface area contributed by atoms with Crippen molar-refractivity contribution in [2.24, 2.45) is 0 Å². The van der Waals surface area contributed by atoms with E-state index >= 15 is 0 Å². The molecule has 1 amide bonds. The number of carbonyl (C=O) groups excluding carboxylic acids is 1. The third-order valence-electron chi connectivity index (χ3n) is 5.31. The normalized spacial score (nSPS) is 16.8. The molecule has 1 aliphatic heterocycles. The third kappa shape index (κ3) is 5.31. The molecular formula is C24H28N4O3S. The van der Waals surface area contributed by atoms with Crippen LogP contribution in [0.1, 0.15) is 65.8 Å². The van der Waals surface area contributed by atoms with E-state index in [1.807, 2.05) is 44.3 Å². The Morgan fingerprint density at radius 2 is 2.06 bits per heavy atom. The van der Waals surface area contributed by atoms with Gasteiger partial charge in [-0.3, -0.25) is 4.79 Å². The van der Waals surface area contributed by atoms with Crippen LogP contribution in [0.2, 0.25) is 0 Å². The van der Waals surface area contributed by atoms with E-state index in [-0.39, 0.29) is 18.1 Å². The number of hydrogen-bond acceptors (Lipinski definition) is 7.